The zero-order chi connectivity index (χ0) is 20.4. The molecule has 0 saturated carbocycles. The molecule has 1 saturated heterocycles. The molecule has 0 bridgehead atoms. The monoisotopic (exact) mass is 412 g/mol. The molecule has 1 aromatic heterocycles. The van der Waals surface area contributed by atoms with E-state index in [0.29, 0.717) is 11.5 Å². The molecule has 0 spiro atoms. The summed E-state index contributed by atoms with van der Waals surface area (Å²) in [5.74, 6) is 0.244. The van der Waals surface area contributed by atoms with Gasteiger partial charge in [-0.1, -0.05) is 17.7 Å². The first-order chi connectivity index (χ1) is 14.0. The third-order valence-electron chi connectivity index (χ3n) is 5.05. The number of benzene rings is 2. The van der Waals surface area contributed by atoms with Gasteiger partial charge in [0.2, 0.25) is 0 Å². The normalized spacial score (nSPS) is 15.4. The van der Waals surface area contributed by atoms with Gasteiger partial charge in [0.05, 0.1) is 21.5 Å². The minimum atomic E-state index is -1.07. The summed E-state index contributed by atoms with van der Waals surface area (Å²) in [6.45, 7) is 2.01. The van der Waals surface area contributed by atoms with Gasteiger partial charge in [0.25, 0.3) is 0 Å². The van der Waals surface area contributed by atoms with Crippen LogP contribution in [0.4, 0.5) is 11.5 Å². The van der Waals surface area contributed by atoms with Crippen LogP contribution in [-0.4, -0.2) is 52.2 Å². The predicted molar refractivity (Wildman–Crippen MR) is 112 cm³/mol. The molecule has 0 amide bonds. The van der Waals surface area contributed by atoms with Crippen LogP contribution >= 0.6 is 11.6 Å². The zero-order valence-corrected chi connectivity index (χ0v) is 16.7. The highest BCUT2D eigenvalue weighted by molar-refractivity contribution is 6.33. The Morgan fingerprint density at radius 2 is 2.03 bits per heavy atom. The Bertz CT molecular complexity index is 1050. The van der Waals surface area contributed by atoms with Gasteiger partial charge in [0.15, 0.2) is 0 Å². The van der Waals surface area contributed by atoms with Gasteiger partial charge in [-0.3, -0.25) is 0 Å². The van der Waals surface area contributed by atoms with E-state index in [-0.39, 0.29) is 16.7 Å². The number of ether oxygens (including phenoxy) is 1. The van der Waals surface area contributed by atoms with E-state index in [0.717, 1.165) is 42.6 Å². The first-order valence-corrected chi connectivity index (χ1v) is 9.78. The van der Waals surface area contributed by atoms with Crippen molar-refractivity contribution in [2.75, 3.05) is 25.5 Å². The van der Waals surface area contributed by atoms with Crippen molar-refractivity contribution in [2.24, 2.45) is 0 Å². The minimum Gasteiger partial charge on any atom is -0.489 e. The Morgan fingerprint density at radius 1 is 1.24 bits per heavy atom. The first-order valence-electron chi connectivity index (χ1n) is 9.40. The standard InChI is InChI=1S/C21H21ClN4O3/c1-26-9-7-14(8-10-26)29-18-4-2-3-17-19(18)20(24-12-23-17)25-13-5-6-15(21(27)28)16(22)11-13/h2-6,11-12,14H,7-10H2,1H3,(H,27,28)(H,23,24,25). The molecule has 1 fully saturated rings. The van der Waals surface area contributed by atoms with E-state index in [1.807, 2.05) is 18.2 Å². The molecule has 29 heavy (non-hydrogen) atoms. The van der Waals surface area contributed by atoms with Gasteiger partial charge in [0, 0.05) is 18.8 Å². The third-order valence-corrected chi connectivity index (χ3v) is 5.36. The van der Waals surface area contributed by atoms with Crippen LogP contribution in [0.3, 0.4) is 0 Å². The molecule has 150 valence electrons. The van der Waals surface area contributed by atoms with Crippen molar-refractivity contribution in [1.29, 1.82) is 0 Å². The lowest BCUT2D eigenvalue weighted by atomic mass is 10.1. The summed E-state index contributed by atoms with van der Waals surface area (Å²) >= 11 is 6.10. The van der Waals surface area contributed by atoms with Crippen LogP contribution in [0, 0.1) is 0 Å². The van der Waals surface area contributed by atoms with Gasteiger partial charge < -0.3 is 20.1 Å². The van der Waals surface area contributed by atoms with E-state index < -0.39 is 5.97 Å². The maximum Gasteiger partial charge on any atom is 0.337 e. The molecule has 4 rings (SSSR count). The average molecular weight is 413 g/mol. The molecule has 7 nitrogen and oxygen atoms in total. The van der Waals surface area contributed by atoms with Crippen LogP contribution in [0.15, 0.2) is 42.7 Å². The SMILES string of the molecule is CN1CCC(Oc2cccc3ncnc(Nc4ccc(C(=O)O)c(Cl)c4)c23)CC1. The molecule has 1 aliphatic rings. The number of halogens is 1. The van der Waals surface area contributed by atoms with E-state index >= 15 is 0 Å². The van der Waals surface area contributed by atoms with Gasteiger partial charge in [-0.25, -0.2) is 14.8 Å². The number of rotatable bonds is 5. The second kappa shape index (κ2) is 8.23. The van der Waals surface area contributed by atoms with Gasteiger partial charge in [-0.15, -0.1) is 0 Å². The quantitative estimate of drug-likeness (QED) is 0.649. The largest absolute Gasteiger partial charge is 0.489 e. The van der Waals surface area contributed by atoms with Crippen molar-refractivity contribution in [3.63, 3.8) is 0 Å². The van der Waals surface area contributed by atoms with Gasteiger partial charge in [-0.2, -0.15) is 0 Å². The summed E-state index contributed by atoms with van der Waals surface area (Å²) < 4.78 is 6.32. The van der Waals surface area contributed by atoms with Crippen LogP contribution in [-0.2, 0) is 0 Å². The summed E-state index contributed by atoms with van der Waals surface area (Å²) in [5, 5.41) is 13.3. The van der Waals surface area contributed by atoms with E-state index in [2.05, 4.69) is 27.2 Å². The number of fused-ring (bicyclic) bond motifs is 1. The summed E-state index contributed by atoms with van der Waals surface area (Å²) in [6, 6.07) is 10.4. The Labute approximate surface area is 173 Å². The van der Waals surface area contributed by atoms with Crippen molar-refractivity contribution in [2.45, 2.75) is 18.9 Å². The van der Waals surface area contributed by atoms with Crippen molar-refractivity contribution < 1.29 is 14.6 Å². The molecule has 3 aromatic rings. The number of piperidine rings is 1. The lowest BCUT2D eigenvalue weighted by Crippen LogP contribution is -2.35. The summed E-state index contributed by atoms with van der Waals surface area (Å²) in [7, 11) is 2.12. The number of carbonyl (C=O) groups is 1. The fourth-order valence-corrected chi connectivity index (χ4v) is 3.72. The molecule has 2 N–H and O–H groups in total. The molecule has 2 heterocycles. The highest BCUT2D eigenvalue weighted by Gasteiger charge is 2.20. The van der Waals surface area contributed by atoms with Crippen LogP contribution < -0.4 is 10.1 Å². The highest BCUT2D eigenvalue weighted by Crippen LogP contribution is 2.33. The maximum atomic E-state index is 11.2. The van der Waals surface area contributed by atoms with Crippen molar-refractivity contribution in [1.82, 2.24) is 14.9 Å². The van der Waals surface area contributed by atoms with Crippen molar-refractivity contribution >= 4 is 40.0 Å². The highest BCUT2D eigenvalue weighted by atomic mass is 35.5. The van der Waals surface area contributed by atoms with E-state index in [1.54, 1.807) is 12.1 Å². The number of hydrogen-bond acceptors (Lipinski definition) is 6. The van der Waals surface area contributed by atoms with Crippen LogP contribution in [0.1, 0.15) is 23.2 Å². The summed E-state index contributed by atoms with van der Waals surface area (Å²) in [4.78, 5) is 22.2. The maximum absolute atomic E-state index is 11.2. The number of anilines is 2. The Hall–Kier alpha value is -2.90. The summed E-state index contributed by atoms with van der Waals surface area (Å²) in [6.07, 6.45) is 3.57. The second-order valence-electron chi connectivity index (χ2n) is 7.12. The van der Waals surface area contributed by atoms with E-state index in [9.17, 15) is 4.79 Å². The molecule has 8 heteroatoms. The van der Waals surface area contributed by atoms with Crippen molar-refractivity contribution in [3.05, 3.63) is 53.3 Å². The molecule has 2 aromatic carbocycles. The predicted octanol–water partition coefficient (Wildman–Crippen LogP) is 4.20. The topological polar surface area (TPSA) is 87.6 Å². The minimum absolute atomic E-state index is 0.0519. The molecular formula is C21H21ClN4O3. The fourth-order valence-electron chi connectivity index (χ4n) is 3.46. The second-order valence-corrected chi connectivity index (χ2v) is 7.53. The lowest BCUT2D eigenvalue weighted by Gasteiger charge is -2.29. The Kier molecular flexibility index (Phi) is 5.51. The Morgan fingerprint density at radius 3 is 2.76 bits per heavy atom. The number of aromatic nitrogens is 2. The lowest BCUT2D eigenvalue weighted by molar-refractivity contribution is 0.0697. The Balaban J connectivity index is 1.66. The number of hydrogen-bond donors (Lipinski definition) is 2. The average Bonchev–Trinajstić information content (AvgIpc) is 2.70. The molecule has 0 aliphatic carbocycles. The molecule has 0 unspecified atom stereocenters. The van der Waals surface area contributed by atoms with Gasteiger partial charge >= 0.3 is 5.97 Å². The van der Waals surface area contributed by atoms with Crippen molar-refractivity contribution in [3.8, 4) is 5.75 Å². The molecule has 1 aliphatic heterocycles. The molecule has 0 radical (unpaired) electrons. The first kappa shape index (κ1) is 19.4. The molecular weight excluding hydrogens is 392 g/mol. The number of carboxylic acid groups (broad SMARTS) is 1. The number of nitrogens with one attached hydrogen (secondary N) is 1. The number of likely N-dealkylation sites (tertiary alicyclic amines) is 1. The zero-order valence-electron chi connectivity index (χ0n) is 15.9. The van der Waals surface area contributed by atoms with E-state index in [4.69, 9.17) is 21.4 Å². The molecule has 0 atom stereocenters. The van der Waals surface area contributed by atoms with Crippen LogP contribution in [0.2, 0.25) is 5.02 Å². The third kappa shape index (κ3) is 4.26. The van der Waals surface area contributed by atoms with Gasteiger partial charge in [-0.05, 0) is 50.2 Å². The fraction of sp³-hybridized carbons (Fsp3) is 0.286. The van der Waals surface area contributed by atoms with Gasteiger partial charge in [0.1, 0.15) is 24.0 Å². The van der Waals surface area contributed by atoms with Crippen LogP contribution in [0.25, 0.3) is 10.9 Å². The van der Waals surface area contributed by atoms with Crippen LogP contribution in [0.5, 0.6) is 5.75 Å². The van der Waals surface area contributed by atoms with E-state index in [1.165, 1.54) is 12.4 Å². The number of aromatic carboxylic acids is 1. The number of nitrogens with zero attached hydrogens (tertiary/aromatic N) is 3. The summed E-state index contributed by atoms with van der Waals surface area (Å²) in [5.41, 5.74) is 1.45. The number of carboxylic acids is 1. The smallest absolute Gasteiger partial charge is 0.337 e.